The van der Waals surface area contributed by atoms with Gasteiger partial charge in [0, 0.05) is 5.69 Å². The molecule has 0 spiro atoms. The van der Waals surface area contributed by atoms with E-state index in [1.807, 2.05) is 20.8 Å². The molecule has 0 amide bonds. The topological polar surface area (TPSA) is 59.1 Å². The zero-order valence-electron chi connectivity index (χ0n) is 8.90. The predicted molar refractivity (Wildman–Crippen MR) is 58.8 cm³/mol. The fraction of sp³-hybridized carbons (Fsp3) is 0.444. The minimum atomic E-state index is -3.18. The van der Waals surface area contributed by atoms with Gasteiger partial charge in [0.25, 0.3) is 0 Å². The number of aryl methyl sites for hydroxylation is 1. The third kappa shape index (κ3) is 5.53. The molecule has 0 saturated carbocycles. The Balaban J connectivity index is 0.000000791. The number of pyridine rings is 1. The summed E-state index contributed by atoms with van der Waals surface area (Å²) in [6.07, 6.45) is 2.59. The van der Waals surface area contributed by atoms with Crippen LogP contribution in [0.1, 0.15) is 19.5 Å². The van der Waals surface area contributed by atoms with Gasteiger partial charge in [0.2, 0.25) is 10.0 Å². The van der Waals surface area contributed by atoms with Crippen LogP contribution in [0.2, 0.25) is 0 Å². The highest BCUT2D eigenvalue weighted by molar-refractivity contribution is 7.92. The Hall–Kier alpha value is -1.10. The number of sulfonamides is 1. The van der Waals surface area contributed by atoms with Gasteiger partial charge in [-0.2, -0.15) is 0 Å². The van der Waals surface area contributed by atoms with Crippen molar-refractivity contribution in [3.63, 3.8) is 0 Å². The Morgan fingerprint density at radius 3 is 2.21 bits per heavy atom. The maximum Gasteiger partial charge on any atom is 0.229 e. The average Bonchev–Trinajstić information content (AvgIpc) is 2.10. The van der Waals surface area contributed by atoms with Gasteiger partial charge in [-0.05, 0) is 19.1 Å². The molecule has 0 aliphatic carbocycles. The van der Waals surface area contributed by atoms with E-state index in [4.69, 9.17) is 0 Å². The largest absolute Gasteiger partial charge is 0.282 e. The van der Waals surface area contributed by atoms with Crippen molar-refractivity contribution in [2.75, 3.05) is 11.0 Å². The van der Waals surface area contributed by atoms with E-state index in [9.17, 15) is 8.42 Å². The highest BCUT2D eigenvalue weighted by Crippen LogP contribution is 2.06. The molecule has 1 N–H and O–H groups in total. The number of hydrogen-bond donors (Lipinski definition) is 1. The zero-order valence-corrected chi connectivity index (χ0v) is 9.72. The molecule has 1 aromatic heterocycles. The van der Waals surface area contributed by atoms with Gasteiger partial charge in [0.15, 0.2) is 0 Å². The smallest absolute Gasteiger partial charge is 0.229 e. The molecule has 1 aromatic rings. The van der Waals surface area contributed by atoms with Crippen molar-refractivity contribution >= 4 is 15.7 Å². The van der Waals surface area contributed by atoms with Crippen LogP contribution in [-0.2, 0) is 10.0 Å². The van der Waals surface area contributed by atoms with Crippen LogP contribution in [0.3, 0.4) is 0 Å². The highest BCUT2D eigenvalue weighted by atomic mass is 32.2. The van der Waals surface area contributed by atoms with Crippen molar-refractivity contribution in [2.24, 2.45) is 0 Å². The Morgan fingerprint density at radius 2 is 1.86 bits per heavy atom. The van der Waals surface area contributed by atoms with E-state index < -0.39 is 10.0 Å². The van der Waals surface area contributed by atoms with Gasteiger partial charge >= 0.3 is 0 Å². The van der Waals surface area contributed by atoms with Gasteiger partial charge in [-0.25, -0.2) is 8.42 Å². The summed E-state index contributed by atoms with van der Waals surface area (Å²) in [6, 6.07) is 3.41. The summed E-state index contributed by atoms with van der Waals surface area (Å²) in [5.41, 5.74) is 1.34. The molecule has 0 aliphatic rings. The number of nitrogens with one attached hydrogen (secondary N) is 1. The number of hydrogen-bond acceptors (Lipinski definition) is 3. The summed E-state index contributed by atoms with van der Waals surface area (Å²) in [5, 5.41) is 0. The van der Waals surface area contributed by atoms with Crippen LogP contribution in [0.5, 0.6) is 0 Å². The normalized spacial score (nSPS) is 10.0. The van der Waals surface area contributed by atoms with E-state index in [2.05, 4.69) is 9.71 Å². The van der Waals surface area contributed by atoms with Gasteiger partial charge in [0.1, 0.15) is 0 Å². The molecule has 0 aromatic carbocycles. The summed E-state index contributed by atoms with van der Waals surface area (Å²) >= 11 is 0. The number of nitrogens with zero attached hydrogens (tertiary/aromatic N) is 1. The molecule has 0 unspecified atom stereocenters. The van der Waals surface area contributed by atoms with Crippen LogP contribution in [-0.4, -0.2) is 19.7 Å². The Bertz CT molecular complexity index is 357. The molecule has 0 aliphatic heterocycles. The molecular weight excluding hydrogens is 200 g/mol. The number of aromatic nitrogens is 1. The SMILES string of the molecule is CC.Cc1ccc(NS(C)(=O)=O)cn1. The average molecular weight is 216 g/mol. The Kier molecular flexibility index (Phi) is 5.15. The highest BCUT2D eigenvalue weighted by Gasteiger charge is 2.00. The first kappa shape index (κ1) is 12.9. The third-order valence-corrected chi connectivity index (χ3v) is 1.82. The fourth-order valence-corrected chi connectivity index (χ4v) is 1.29. The van der Waals surface area contributed by atoms with Gasteiger partial charge in [-0.15, -0.1) is 0 Å². The van der Waals surface area contributed by atoms with Crippen LogP contribution in [0.4, 0.5) is 5.69 Å². The van der Waals surface area contributed by atoms with E-state index in [1.54, 1.807) is 12.1 Å². The fourth-order valence-electron chi connectivity index (χ4n) is 0.742. The molecule has 0 fully saturated rings. The molecule has 5 heteroatoms. The quantitative estimate of drug-likeness (QED) is 0.820. The first-order chi connectivity index (χ1) is 6.47. The van der Waals surface area contributed by atoms with Crippen molar-refractivity contribution in [3.8, 4) is 0 Å². The summed E-state index contributed by atoms with van der Waals surface area (Å²) in [7, 11) is -3.18. The summed E-state index contributed by atoms with van der Waals surface area (Å²) in [5.74, 6) is 0. The first-order valence-corrected chi connectivity index (χ1v) is 6.27. The molecule has 80 valence electrons. The molecule has 1 heterocycles. The lowest BCUT2D eigenvalue weighted by Crippen LogP contribution is -2.09. The Morgan fingerprint density at radius 1 is 1.29 bits per heavy atom. The molecule has 0 atom stereocenters. The maximum absolute atomic E-state index is 10.7. The van der Waals surface area contributed by atoms with Gasteiger partial charge in [-0.1, -0.05) is 13.8 Å². The lowest BCUT2D eigenvalue weighted by molar-refractivity contribution is 0.607. The van der Waals surface area contributed by atoms with E-state index in [0.717, 1.165) is 11.9 Å². The van der Waals surface area contributed by atoms with Gasteiger partial charge in [-0.3, -0.25) is 9.71 Å². The minimum Gasteiger partial charge on any atom is -0.282 e. The molecular formula is C9H16N2O2S. The molecule has 1 rings (SSSR count). The van der Waals surface area contributed by atoms with Crippen molar-refractivity contribution in [3.05, 3.63) is 24.0 Å². The van der Waals surface area contributed by atoms with Crippen LogP contribution >= 0.6 is 0 Å². The lowest BCUT2D eigenvalue weighted by Gasteiger charge is -2.01. The van der Waals surface area contributed by atoms with Crippen LogP contribution in [0.25, 0.3) is 0 Å². The second-order valence-corrected chi connectivity index (χ2v) is 4.31. The van der Waals surface area contributed by atoms with E-state index in [-0.39, 0.29) is 0 Å². The van der Waals surface area contributed by atoms with E-state index >= 15 is 0 Å². The Labute approximate surface area is 85.4 Å². The number of rotatable bonds is 2. The van der Waals surface area contributed by atoms with E-state index in [1.165, 1.54) is 6.20 Å². The molecule has 0 saturated heterocycles. The van der Waals surface area contributed by atoms with Crippen molar-refractivity contribution in [1.82, 2.24) is 4.98 Å². The third-order valence-electron chi connectivity index (χ3n) is 1.21. The molecule has 0 radical (unpaired) electrons. The van der Waals surface area contributed by atoms with Crippen molar-refractivity contribution in [2.45, 2.75) is 20.8 Å². The minimum absolute atomic E-state index is 0.489. The standard InChI is InChI=1S/C7H10N2O2S.C2H6/c1-6-3-4-7(5-8-6)9-12(2,10)11;1-2/h3-5,9H,1-2H3;1-2H3. The van der Waals surface area contributed by atoms with Crippen LogP contribution in [0, 0.1) is 6.92 Å². The summed E-state index contributed by atoms with van der Waals surface area (Å²) in [6.45, 7) is 5.84. The molecule has 0 bridgehead atoms. The van der Waals surface area contributed by atoms with Crippen LogP contribution < -0.4 is 4.72 Å². The van der Waals surface area contributed by atoms with Crippen molar-refractivity contribution in [1.29, 1.82) is 0 Å². The summed E-state index contributed by atoms with van der Waals surface area (Å²) < 4.78 is 23.8. The zero-order chi connectivity index (χ0) is 11.2. The van der Waals surface area contributed by atoms with Gasteiger partial charge in [0.05, 0.1) is 18.1 Å². The van der Waals surface area contributed by atoms with Crippen molar-refractivity contribution < 1.29 is 8.42 Å². The first-order valence-electron chi connectivity index (χ1n) is 4.38. The predicted octanol–water partition coefficient (Wildman–Crippen LogP) is 1.79. The lowest BCUT2D eigenvalue weighted by atomic mass is 10.4. The number of anilines is 1. The monoisotopic (exact) mass is 216 g/mol. The second kappa shape index (κ2) is 5.59. The molecule has 14 heavy (non-hydrogen) atoms. The second-order valence-electron chi connectivity index (χ2n) is 2.56. The maximum atomic E-state index is 10.7. The summed E-state index contributed by atoms with van der Waals surface area (Å²) in [4.78, 5) is 3.94. The van der Waals surface area contributed by atoms with Gasteiger partial charge < -0.3 is 0 Å². The van der Waals surface area contributed by atoms with E-state index in [0.29, 0.717) is 5.69 Å². The molecule has 4 nitrogen and oxygen atoms in total. The van der Waals surface area contributed by atoms with Crippen LogP contribution in [0.15, 0.2) is 18.3 Å².